The highest BCUT2D eigenvalue weighted by Crippen LogP contribution is 2.46. The van der Waals surface area contributed by atoms with Gasteiger partial charge in [0.25, 0.3) is 0 Å². The van der Waals surface area contributed by atoms with Crippen molar-refractivity contribution >= 4 is 58.7 Å². The molecule has 0 saturated heterocycles. The van der Waals surface area contributed by atoms with E-state index in [-0.39, 0.29) is 2.14 Å². The number of nitrogens with zero attached hydrogens (tertiary/aromatic N) is 1. The van der Waals surface area contributed by atoms with Gasteiger partial charge >= 0.3 is 0 Å². The molecule has 0 radical (unpaired) electrons. The molecule has 0 spiro atoms. The number of hydrogen-bond donors (Lipinski definition) is 0. The third-order valence-electron chi connectivity index (χ3n) is 1.95. The SMILES string of the molecule is BrC(Br)(Br)c1ccnc2ccccc12. The van der Waals surface area contributed by atoms with Crippen LogP contribution in [0.4, 0.5) is 0 Å². The molecule has 0 bridgehead atoms. The van der Waals surface area contributed by atoms with Crippen LogP contribution in [0.1, 0.15) is 5.56 Å². The van der Waals surface area contributed by atoms with Crippen molar-refractivity contribution in [2.45, 2.75) is 2.14 Å². The number of para-hydroxylation sites is 1. The molecule has 1 aromatic heterocycles. The fourth-order valence-electron chi connectivity index (χ4n) is 1.34. The van der Waals surface area contributed by atoms with E-state index in [1.165, 1.54) is 0 Å². The number of hydrogen-bond acceptors (Lipinski definition) is 1. The Balaban J connectivity index is 2.78. The molecule has 2 rings (SSSR count). The Labute approximate surface area is 107 Å². The molecule has 2 aromatic rings. The summed E-state index contributed by atoms with van der Waals surface area (Å²) >= 11 is 10.5. The second-order valence-corrected chi connectivity index (χ2v) is 9.63. The molecule has 1 aromatic carbocycles. The van der Waals surface area contributed by atoms with Crippen molar-refractivity contribution in [1.82, 2.24) is 4.98 Å². The highest BCUT2D eigenvalue weighted by Gasteiger charge is 2.22. The number of alkyl halides is 3. The Bertz CT molecular complexity index is 457. The van der Waals surface area contributed by atoms with Crippen LogP contribution in [0.3, 0.4) is 0 Å². The third kappa shape index (κ3) is 2.02. The molecule has 72 valence electrons. The number of fused-ring (bicyclic) bond motifs is 1. The topological polar surface area (TPSA) is 12.9 Å². The van der Waals surface area contributed by atoms with E-state index >= 15 is 0 Å². The highest BCUT2D eigenvalue weighted by atomic mass is 80.0. The molecule has 1 heterocycles. The van der Waals surface area contributed by atoms with Crippen LogP contribution in [0.25, 0.3) is 10.9 Å². The normalized spacial score (nSPS) is 11.9. The molecule has 0 aliphatic heterocycles. The zero-order valence-corrected chi connectivity index (χ0v) is 11.8. The van der Waals surface area contributed by atoms with Gasteiger partial charge in [0, 0.05) is 17.1 Å². The molecule has 4 heteroatoms. The molecule has 0 saturated carbocycles. The summed E-state index contributed by atoms with van der Waals surface area (Å²) in [5.41, 5.74) is 2.11. The van der Waals surface area contributed by atoms with Gasteiger partial charge in [-0.1, -0.05) is 66.0 Å². The molecular formula is C10H6Br3N. The lowest BCUT2D eigenvalue weighted by molar-refractivity contribution is 1.33. The second kappa shape index (κ2) is 3.91. The van der Waals surface area contributed by atoms with Crippen LogP contribution in [0.2, 0.25) is 0 Å². The summed E-state index contributed by atoms with van der Waals surface area (Å²) in [7, 11) is 0. The Morgan fingerprint density at radius 2 is 1.71 bits per heavy atom. The van der Waals surface area contributed by atoms with E-state index in [9.17, 15) is 0 Å². The van der Waals surface area contributed by atoms with Gasteiger partial charge in [-0.2, -0.15) is 0 Å². The lowest BCUT2D eigenvalue weighted by Crippen LogP contribution is -1.99. The fraction of sp³-hybridized carbons (Fsp3) is 0.100. The van der Waals surface area contributed by atoms with E-state index in [1.54, 1.807) is 6.20 Å². The molecule has 0 unspecified atom stereocenters. The van der Waals surface area contributed by atoms with Crippen molar-refractivity contribution in [1.29, 1.82) is 0 Å². The molecule has 0 fully saturated rings. The smallest absolute Gasteiger partial charge is 0.160 e. The number of rotatable bonds is 0. The predicted molar refractivity (Wildman–Crippen MR) is 70.2 cm³/mol. The van der Waals surface area contributed by atoms with Crippen molar-refractivity contribution in [3.8, 4) is 0 Å². The van der Waals surface area contributed by atoms with Crippen molar-refractivity contribution in [2.24, 2.45) is 0 Å². The lowest BCUT2D eigenvalue weighted by atomic mass is 10.1. The summed E-state index contributed by atoms with van der Waals surface area (Å²) < 4.78 is -0.379. The number of halogens is 3. The van der Waals surface area contributed by atoms with Crippen LogP contribution in [-0.2, 0) is 2.14 Å². The maximum absolute atomic E-state index is 4.29. The van der Waals surface area contributed by atoms with E-state index in [0.717, 1.165) is 16.5 Å². The number of aromatic nitrogens is 1. The summed E-state index contributed by atoms with van der Waals surface area (Å²) in [6, 6.07) is 10.0. The van der Waals surface area contributed by atoms with Crippen LogP contribution >= 0.6 is 47.8 Å². The first-order chi connectivity index (χ1) is 6.59. The van der Waals surface area contributed by atoms with E-state index in [2.05, 4.69) is 58.8 Å². The average molecular weight is 380 g/mol. The van der Waals surface area contributed by atoms with E-state index < -0.39 is 0 Å². The maximum atomic E-state index is 4.29. The summed E-state index contributed by atoms with van der Waals surface area (Å²) in [5, 5.41) is 1.13. The van der Waals surface area contributed by atoms with E-state index in [0.29, 0.717) is 0 Å². The molecule has 0 atom stereocenters. The maximum Gasteiger partial charge on any atom is 0.160 e. The zero-order chi connectivity index (χ0) is 10.2. The minimum absolute atomic E-state index is 0.379. The van der Waals surface area contributed by atoms with Crippen LogP contribution in [0.15, 0.2) is 36.5 Å². The Morgan fingerprint density at radius 1 is 1.00 bits per heavy atom. The summed E-state index contributed by atoms with van der Waals surface area (Å²) in [6.45, 7) is 0. The first-order valence-electron chi connectivity index (χ1n) is 4.00. The van der Waals surface area contributed by atoms with Gasteiger partial charge in [0.1, 0.15) is 0 Å². The zero-order valence-electron chi connectivity index (χ0n) is 7.05. The molecule has 14 heavy (non-hydrogen) atoms. The van der Waals surface area contributed by atoms with Gasteiger partial charge in [0.15, 0.2) is 2.14 Å². The monoisotopic (exact) mass is 377 g/mol. The van der Waals surface area contributed by atoms with Crippen molar-refractivity contribution in [3.63, 3.8) is 0 Å². The minimum atomic E-state index is -0.379. The molecule has 0 N–H and O–H groups in total. The number of pyridine rings is 1. The molecule has 0 aliphatic rings. The number of benzene rings is 1. The van der Waals surface area contributed by atoms with Crippen LogP contribution in [-0.4, -0.2) is 4.98 Å². The lowest BCUT2D eigenvalue weighted by Gasteiger charge is -2.14. The van der Waals surface area contributed by atoms with Crippen LogP contribution < -0.4 is 0 Å². The van der Waals surface area contributed by atoms with E-state index in [4.69, 9.17) is 0 Å². The second-order valence-electron chi connectivity index (χ2n) is 2.87. The average Bonchev–Trinajstić information content (AvgIpc) is 2.15. The van der Waals surface area contributed by atoms with Crippen LogP contribution in [0.5, 0.6) is 0 Å². The summed E-state index contributed by atoms with van der Waals surface area (Å²) in [4.78, 5) is 4.29. The predicted octanol–water partition coefficient (Wildman–Crippen LogP) is 4.53. The fourth-order valence-corrected chi connectivity index (χ4v) is 2.38. The Hall–Kier alpha value is 0.0700. The van der Waals surface area contributed by atoms with Gasteiger partial charge in [-0.25, -0.2) is 0 Å². The highest BCUT2D eigenvalue weighted by molar-refractivity contribution is 9.38. The van der Waals surface area contributed by atoms with Gasteiger partial charge in [-0.05, 0) is 12.1 Å². The minimum Gasteiger partial charge on any atom is -0.256 e. The van der Waals surface area contributed by atoms with E-state index in [1.807, 2.05) is 24.3 Å². The summed E-state index contributed by atoms with van der Waals surface area (Å²) in [5.74, 6) is 0. The summed E-state index contributed by atoms with van der Waals surface area (Å²) in [6.07, 6.45) is 1.80. The Kier molecular flexibility index (Phi) is 2.96. The molecular weight excluding hydrogens is 374 g/mol. The Morgan fingerprint density at radius 3 is 2.43 bits per heavy atom. The largest absolute Gasteiger partial charge is 0.256 e. The van der Waals surface area contributed by atoms with Gasteiger partial charge in [0.05, 0.1) is 5.52 Å². The first kappa shape index (κ1) is 10.6. The van der Waals surface area contributed by atoms with Crippen LogP contribution in [0, 0.1) is 0 Å². The van der Waals surface area contributed by atoms with Crippen molar-refractivity contribution in [3.05, 3.63) is 42.1 Å². The van der Waals surface area contributed by atoms with Gasteiger partial charge in [-0.15, -0.1) is 0 Å². The van der Waals surface area contributed by atoms with Gasteiger partial charge in [0.2, 0.25) is 0 Å². The van der Waals surface area contributed by atoms with Gasteiger partial charge in [-0.3, -0.25) is 4.98 Å². The first-order valence-corrected chi connectivity index (χ1v) is 6.38. The molecule has 0 amide bonds. The van der Waals surface area contributed by atoms with Gasteiger partial charge < -0.3 is 0 Å². The van der Waals surface area contributed by atoms with Crippen molar-refractivity contribution < 1.29 is 0 Å². The third-order valence-corrected chi connectivity index (χ3v) is 3.24. The molecule has 1 nitrogen and oxygen atoms in total. The molecule has 0 aliphatic carbocycles. The standard InChI is InChI=1S/C10H6Br3N/c11-10(12,13)8-5-6-14-9-4-2-1-3-7(8)9/h1-6H. The van der Waals surface area contributed by atoms with Crippen molar-refractivity contribution in [2.75, 3.05) is 0 Å². The quantitative estimate of drug-likeness (QED) is 0.613.